The number of nitrogens with two attached hydrogens (primary N) is 1. The average molecular weight is 155 g/mol. The molecular weight excluding hydrogens is 146 g/mol. The van der Waals surface area contributed by atoms with Gasteiger partial charge in [-0.25, -0.2) is 5.43 Å². The van der Waals surface area contributed by atoms with Crippen molar-refractivity contribution in [2.75, 3.05) is 0 Å². The lowest BCUT2D eigenvalue weighted by Crippen LogP contribution is -2.41. The number of hydrogen-bond donors (Lipinski definition) is 2. The Kier molecular flexibility index (Phi) is 1.89. The highest BCUT2D eigenvalue weighted by Gasteiger charge is 2.27. The van der Waals surface area contributed by atoms with Crippen LogP contribution in [0.5, 0.6) is 0 Å². The Hall–Kier alpha value is -1.39. The number of hydrogen-bond acceptors (Lipinski definition) is 3. The van der Waals surface area contributed by atoms with E-state index in [-0.39, 0.29) is 0 Å². The fourth-order valence-electron chi connectivity index (χ4n) is 0.892. The molecule has 0 bridgehead atoms. The highest BCUT2D eigenvalue weighted by molar-refractivity contribution is 6.05. The van der Waals surface area contributed by atoms with Crippen molar-refractivity contribution in [3.8, 4) is 0 Å². The number of carbonyl (C=O) groups is 2. The Morgan fingerprint density at radius 2 is 2.45 bits per heavy atom. The van der Waals surface area contributed by atoms with Gasteiger partial charge < -0.3 is 5.73 Å². The summed E-state index contributed by atoms with van der Waals surface area (Å²) in [6.45, 7) is 1.73. The summed E-state index contributed by atoms with van der Waals surface area (Å²) < 4.78 is 0. The standard InChI is InChI=1S/C6H9N3O2/c1-3-2-4(5(7)10)6(11)9-8-3/h4H,2H2,1H3,(H2,7,10)(H,9,11). The van der Waals surface area contributed by atoms with Crippen LogP contribution in [0.25, 0.3) is 0 Å². The summed E-state index contributed by atoms with van der Waals surface area (Å²) >= 11 is 0. The van der Waals surface area contributed by atoms with E-state index in [2.05, 4.69) is 10.5 Å². The minimum atomic E-state index is -0.743. The van der Waals surface area contributed by atoms with Crippen molar-refractivity contribution in [2.24, 2.45) is 16.8 Å². The summed E-state index contributed by atoms with van der Waals surface area (Å²) in [5.41, 5.74) is 7.89. The molecule has 11 heavy (non-hydrogen) atoms. The monoisotopic (exact) mass is 155 g/mol. The van der Waals surface area contributed by atoms with E-state index in [0.717, 1.165) is 0 Å². The zero-order chi connectivity index (χ0) is 8.43. The normalized spacial score (nSPS) is 23.9. The second-order valence-corrected chi connectivity index (χ2v) is 2.48. The van der Waals surface area contributed by atoms with Crippen molar-refractivity contribution < 1.29 is 9.59 Å². The van der Waals surface area contributed by atoms with E-state index in [4.69, 9.17) is 5.73 Å². The molecule has 0 fully saturated rings. The lowest BCUT2D eigenvalue weighted by Gasteiger charge is -2.15. The quantitative estimate of drug-likeness (QED) is 0.475. The van der Waals surface area contributed by atoms with Gasteiger partial charge in [-0.3, -0.25) is 9.59 Å². The number of nitrogens with one attached hydrogen (secondary N) is 1. The summed E-state index contributed by atoms with van der Waals surface area (Å²) in [7, 11) is 0. The first-order valence-corrected chi connectivity index (χ1v) is 3.23. The van der Waals surface area contributed by atoms with Crippen LogP contribution in [-0.2, 0) is 9.59 Å². The summed E-state index contributed by atoms with van der Waals surface area (Å²) in [6, 6.07) is 0. The summed E-state index contributed by atoms with van der Waals surface area (Å²) in [5.74, 6) is -1.76. The maximum atomic E-state index is 10.9. The van der Waals surface area contributed by atoms with Crippen LogP contribution in [0, 0.1) is 5.92 Å². The first kappa shape index (κ1) is 7.71. The van der Waals surface area contributed by atoms with Crippen molar-refractivity contribution in [3.05, 3.63) is 0 Å². The number of nitrogens with zero attached hydrogens (tertiary/aromatic N) is 1. The maximum absolute atomic E-state index is 10.9. The van der Waals surface area contributed by atoms with E-state index >= 15 is 0 Å². The smallest absolute Gasteiger partial charge is 0.253 e. The number of carbonyl (C=O) groups excluding carboxylic acids is 2. The van der Waals surface area contributed by atoms with E-state index < -0.39 is 17.7 Å². The average Bonchev–Trinajstić information content (AvgIpc) is 1.94. The van der Waals surface area contributed by atoms with Crippen molar-refractivity contribution in [3.63, 3.8) is 0 Å². The number of hydrazone groups is 1. The Labute approximate surface area is 63.6 Å². The van der Waals surface area contributed by atoms with Gasteiger partial charge in [-0.1, -0.05) is 0 Å². The number of amides is 2. The number of primary amides is 1. The molecule has 5 nitrogen and oxygen atoms in total. The molecule has 0 aliphatic carbocycles. The molecule has 0 aromatic rings. The van der Waals surface area contributed by atoms with E-state index in [0.29, 0.717) is 12.1 Å². The van der Waals surface area contributed by atoms with Crippen molar-refractivity contribution in [1.82, 2.24) is 5.43 Å². The van der Waals surface area contributed by atoms with Gasteiger partial charge in [0.2, 0.25) is 5.91 Å². The molecule has 1 aliphatic heterocycles. The molecule has 1 atom stereocenters. The number of rotatable bonds is 1. The Bertz CT molecular complexity index is 234. The predicted molar refractivity (Wildman–Crippen MR) is 38.6 cm³/mol. The topological polar surface area (TPSA) is 84.6 Å². The van der Waals surface area contributed by atoms with Gasteiger partial charge in [0.25, 0.3) is 5.91 Å². The molecule has 1 rings (SSSR count). The second kappa shape index (κ2) is 2.69. The van der Waals surface area contributed by atoms with Crippen LogP contribution in [0.15, 0.2) is 5.10 Å². The van der Waals surface area contributed by atoms with Gasteiger partial charge in [-0.15, -0.1) is 0 Å². The fourth-order valence-corrected chi connectivity index (χ4v) is 0.892. The van der Waals surface area contributed by atoms with Crippen LogP contribution in [0.3, 0.4) is 0 Å². The molecule has 0 saturated carbocycles. The van der Waals surface area contributed by atoms with Gasteiger partial charge in [0.05, 0.1) is 0 Å². The maximum Gasteiger partial charge on any atom is 0.253 e. The zero-order valence-corrected chi connectivity index (χ0v) is 6.13. The third kappa shape index (κ3) is 1.54. The lowest BCUT2D eigenvalue weighted by molar-refractivity contribution is -0.133. The van der Waals surface area contributed by atoms with Crippen LogP contribution >= 0.6 is 0 Å². The first-order valence-electron chi connectivity index (χ1n) is 3.23. The second-order valence-electron chi connectivity index (χ2n) is 2.48. The molecule has 0 radical (unpaired) electrons. The molecule has 1 unspecified atom stereocenters. The highest BCUT2D eigenvalue weighted by Crippen LogP contribution is 2.07. The van der Waals surface area contributed by atoms with Gasteiger partial charge in [0, 0.05) is 12.1 Å². The fraction of sp³-hybridized carbons (Fsp3) is 0.500. The van der Waals surface area contributed by atoms with Gasteiger partial charge in [0.15, 0.2) is 0 Å². The molecule has 1 heterocycles. The van der Waals surface area contributed by atoms with Crippen LogP contribution in [-0.4, -0.2) is 17.5 Å². The highest BCUT2D eigenvalue weighted by atomic mass is 16.2. The van der Waals surface area contributed by atoms with Crippen LogP contribution in [0.2, 0.25) is 0 Å². The third-order valence-corrected chi connectivity index (χ3v) is 1.52. The van der Waals surface area contributed by atoms with Gasteiger partial charge in [-0.05, 0) is 6.92 Å². The molecule has 0 aromatic carbocycles. The molecule has 0 spiro atoms. The molecule has 0 aromatic heterocycles. The van der Waals surface area contributed by atoms with E-state index in [1.54, 1.807) is 6.92 Å². The predicted octanol–water partition coefficient (Wildman–Crippen LogP) is -1.02. The van der Waals surface area contributed by atoms with E-state index in [1.165, 1.54) is 0 Å². The third-order valence-electron chi connectivity index (χ3n) is 1.52. The van der Waals surface area contributed by atoms with Crippen LogP contribution < -0.4 is 11.2 Å². The van der Waals surface area contributed by atoms with Gasteiger partial charge >= 0.3 is 0 Å². The van der Waals surface area contributed by atoms with Crippen LogP contribution in [0.1, 0.15) is 13.3 Å². The van der Waals surface area contributed by atoms with Crippen molar-refractivity contribution >= 4 is 17.5 Å². The van der Waals surface area contributed by atoms with Crippen molar-refractivity contribution in [2.45, 2.75) is 13.3 Å². The van der Waals surface area contributed by atoms with Gasteiger partial charge in [-0.2, -0.15) is 5.10 Å². The lowest BCUT2D eigenvalue weighted by atomic mass is 10.0. The summed E-state index contributed by atoms with van der Waals surface area (Å²) in [5, 5.41) is 3.65. The SMILES string of the molecule is CC1=NNC(=O)C(C(N)=O)C1. The Balaban J connectivity index is 2.76. The van der Waals surface area contributed by atoms with Crippen LogP contribution in [0.4, 0.5) is 0 Å². The molecule has 0 saturated heterocycles. The molecule has 3 N–H and O–H groups in total. The molecular formula is C6H9N3O2. The van der Waals surface area contributed by atoms with E-state index in [9.17, 15) is 9.59 Å². The van der Waals surface area contributed by atoms with E-state index in [1.807, 2.05) is 0 Å². The molecule has 1 aliphatic rings. The summed E-state index contributed by atoms with van der Waals surface area (Å²) in [6.07, 6.45) is 0.334. The molecule has 60 valence electrons. The molecule has 2 amide bonds. The first-order chi connectivity index (χ1) is 5.11. The zero-order valence-electron chi connectivity index (χ0n) is 6.13. The summed E-state index contributed by atoms with van der Waals surface area (Å²) in [4.78, 5) is 21.5. The Morgan fingerprint density at radius 1 is 1.82 bits per heavy atom. The minimum Gasteiger partial charge on any atom is -0.369 e. The largest absolute Gasteiger partial charge is 0.369 e. The van der Waals surface area contributed by atoms with Crippen molar-refractivity contribution in [1.29, 1.82) is 0 Å². The molecule has 5 heteroatoms. The Morgan fingerprint density at radius 3 is 2.91 bits per heavy atom. The minimum absolute atomic E-state index is 0.334. The van der Waals surface area contributed by atoms with Gasteiger partial charge in [0.1, 0.15) is 5.92 Å².